The Morgan fingerprint density at radius 1 is 1.36 bits per heavy atom. The van der Waals surface area contributed by atoms with Crippen LogP contribution in [0.5, 0.6) is 0 Å². The Kier molecular flexibility index (Phi) is 1.64. The van der Waals surface area contributed by atoms with Crippen molar-refractivity contribution in [3.63, 3.8) is 0 Å². The maximum absolute atomic E-state index is 3.92. The normalized spacial score (nSPS) is 16.4. The Balaban J connectivity index is 2.33. The third kappa shape index (κ3) is 1.27. The number of hydrogen-bond acceptors (Lipinski definition) is 6. The lowest BCUT2D eigenvalue weighted by Crippen LogP contribution is -2.43. The number of rotatable bonds is 0. The molecule has 0 saturated carbocycles. The zero-order valence-electron chi connectivity index (χ0n) is 5.76. The molecule has 0 unspecified atom stereocenters. The lowest BCUT2D eigenvalue weighted by Gasteiger charge is -2.03. The second kappa shape index (κ2) is 2.79. The highest BCUT2D eigenvalue weighted by Crippen LogP contribution is 2.09. The van der Waals surface area contributed by atoms with E-state index in [9.17, 15) is 0 Å². The van der Waals surface area contributed by atoms with Crippen molar-refractivity contribution in [2.24, 2.45) is 0 Å². The summed E-state index contributed by atoms with van der Waals surface area (Å²) in [5.74, 6) is 0. The molecular formula is C5H8N6. The van der Waals surface area contributed by atoms with Crippen LogP contribution in [0.1, 0.15) is 5.69 Å². The van der Waals surface area contributed by atoms with Crippen molar-refractivity contribution in [2.45, 2.75) is 6.54 Å². The van der Waals surface area contributed by atoms with Gasteiger partial charge in [-0.05, 0) is 6.07 Å². The molecule has 11 heavy (non-hydrogen) atoms. The van der Waals surface area contributed by atoms with E-state index >= 15 is 0 Å². The van der Waals surface area contributed by atoms with Crippen molar-refractivity contribution < 1.29 is 0 Å². The van der Waals surface area contributed by atoms with Crippen molar-refractivity contribution in [1.82, 2.24) is 26.7 Å². The minimum Gasteiger partial charge on any atom is -0.305 e. The number of aromatic nitrogens is 2. The van der Waals surface area contributed by atoms with Crippen molar-refractivity contribution in [3.8, 4) is 0 Å². The van der Waals surface area contributed by atoms with E-state index in [0.29, 0.717) is 6.54 Å². The fourth-order valence-electron chi connectivity index (χ4n) is 0.876. The van der Waals surface area contributed by atoms with Crippen molar-refractivity contribution in [1.29, 1.82) is 0 Å². The molecule has 58 valence electrons. The molecule has 2 heterocycles. The number of nitrogens with one attached hydrogen (secondary N) is 4. The summed E-state index contributed by atoms with van der Waals surface area (Å²) in [6.07, 6.45) is 1.64. The largest absolute Gasteiger partial charge is 0.305 e. The van der Waals surface area contributed by atoms with Gasteiger partial charge in [-0.25, -0.2) is 5.43 Å². The first-order chi connectivity index (χ1) is 5.47. The molecule has 0 saturated heterocycles. The molecule has 2 rings (SSSR count). The third-order valence-corrected chi connectivity index (χ3v) is 1.40. The van der Waals surface area contributed by atoms with E-state index in [2.05, 4.69) is 32.1 Å². The zero-order valence-corrected chi connectivity index (χ0v) is 5.76. The van der Waals surface area contributed by atoms with Gasteiger partial charge >= 0.3 is 0 Å². The molecule has 1 aromatic rings. The number of hydrazine groups is 3. The van der Waals surface area contributed by atoms with Gasteiger partial charge in [0.1, 0.15) is 5.69 Å². The molecule has 0 aliphatic carbocycles. The molecule has 0 aromatic carbocycles. The van der Waals surface area contributed by atoms with Crippen LogP contribution in [0.15, 0.2) is 12.3 Å². The van der Waals surface area contributed by atoms with Crippen LogP contribution in [0.4, 0.5) is 5.69 Å². The highest BCUT2D eigenvalue weighted by atomic mass is 15.7. The summed E-state index contributed by atoms with van der Waals surface area (Å²) in [7, 11) is 0. The predicted octanol–water partition coefficient (Wildman–Crippen LogP) is -1.08. The summed E-state index contributed by atoms with van der Waals surface area (Å²) in [6, 6.07) is 1.85. The highest BCUT2D eigenvalue weighted by Gasteiger charge is 2.05. The fourth-order valence-corrected chi connectivity index (χ4v) is 0.876. The zero-order chi connectivity index (χ0) is 7.52. The van der Waals surface area contributed by atoms with Gasteiger partial charge < -0.3 is 5.43 Å². The average Bonchev–Trinajstić information content (AvgIpc) is 2.28. The topological polar surface area (TPSA) is 73.9 Å². The highest BCUT2D eigenvalue weighted by molar-refractivity contribution is 5.45. The van der Waals surface area contributed by atoms with E-state index in [1.807, 2.05) is 6.07 Å². The van der Waals surface area contributed by atoms with Gasteiger partial charge in [0, 0.05) is 0 Å². The Bertz CT molecular complexity index is 223. The molecule has 0 spiro atoms. The van der Waals surface area contributed by atoms with Crippen molar-refractivity contribution >= 4 is 5.69 Å². The van der Waals surface area contributed by atoms with E-state index in [1.54, 1.807) is 6.20 Å². The van der Waals surface area contributed by atoms with Crippen molar-refractivity contribution in [3.05, 3.63) is 18.0 Å². The van der Waals surface area contributed by atoms with Crippen LogP contribution >= 0.6 is 0 Å². The van der Waals surface area contributed by atoms with E-state index in [-0.39, 0.29) is 0 Å². The monoisotopic (exact) mass is 152 g/mol. The van der Waals surface area contributed by atoms with Crippen LogP contribution in [-0.2, 0) is 6.54 Å². The molecule has 0 amide bonds. The number of hydrogen-bond donors (Lipinski definition) is 4. The minimum atomic E-state index is 0.642. The Morgan fingerprint density at radius 3 is 3.36 bits per heavy atom. The van der Waals surface area contributed by atoms with Crippen molar-refractivity contribution in [2.75, 3.05) is 5.43 Å². The van der Waals surface area contributed by atoms with Gasteiger partial charge in [-0.1, -0.05) is 0 Å². The quantitative estimate of drug-likeness (QED) is 0.379. The molecule has 6 nitrogen and oxygen atoms in total. The maximum Gasteiger partial charge on any atom is 0.103 e. The van der Waals surface area contributed by atoms with E-state index in [4.69, 9.17) is 0 Å². The van der Waals surface area contributed by atoms with Gasteiger partial charge in [-0.3, -0.25) is 0 Å². The SMILES string of the molecule is c1cc2c(nn1)CNNNN2. The summed E-state index contributed by atoms with van der Waals surface area (Å²) < 4.78 is 0. The van der Waals surface area contributed by atoms with Crippen LogP contribution in [0, 0.1) is 0 Å². The van der Waals surface area contributed by atoms with Gasteiger partial charge in [-0.2, -0.15) is 21.3 Å². The summed E-state index contributed by atoms with van der Waals surface area (Å²) in [5, 5.41) is 7.68. The number of fused-ring (bicyclic) bond motifs is 1. The lowest BCUT2D eigenvalue weighted by molar-refractivity contribution is 0.475. The van der Waals surface area contributed by atoms with E-state index in [1.165, 1.54) is 0 Å². The maximum atomic E-state index is 3.92. The lowest BCUT2D eigenvalue weighted by atomic mass is 10.3. The van der Waals surface area contributed by atoms with Crippen LogP contribution in [0.25, 0.3) is 0 Å². The molecule has 0 radical (unpaired) electrons. The molecule has 1 aliphatic heterocycles. The van der Waals surface area contributed by atoms with Crippen LogP contribution in [-0.4, -0.2) is 10.2 Å². The van der Waals surface area contributed by atoms with Crippen LogP contribution < -0.4 is 21.9 Å². The average molecular weight is 152 g/mol. The Labute approximate surface area is 63.3 Å². The molecule has 4 N–H and O–H groups in total. The van der Waals surface area contributed by atoms with Crippen LogP contribution in [0.3, 0.4) is 0 Å². The summed E-state index contributed by atoms with van der Waals surface area (Å²) in [6.45, 7) is 0.642. The molecule has 6 heteroatoms. The van der Waals surface area contributed by atoms with Gasteiger partial charge in [0.2, 0.25) is 0 Å². The smallest absolute Gasteiger partial charge is 0.103 e. The fraction of sp³-hybridized carbons (Fsp3) is 0.200. The van der Waals surface area contributed by atoms with Gasteiger partial charge in [-0.15, -0.1) is 0 Å². The third-order valence-electron chi connectivity index (χ3n) is 1.40. The van der Waals surface area contributed by atoms with Gasteiger partial charge in [0.15, 0.2) is 0 Å². The molecule has 0 fully saturated rings. The summed E-state index contributed by atoms with van der Waals surface area (Å²) >= 11 is 0. The number of nitrogens with zero attached hydrogens (tertiary/aromatic N) is 2. The first-order valence-corrected chi connectivity index (χ1v) is 3.26. The molecule has 0 bridgehead atoms. The summed E-state index contributed by atoms with van der Waals surface area (Å²) in [5.41, 5.74) is 13.0. The van der Waals surface area contributed by atoms with Crippen LogP contribution in [0.2, 0.25) is 0 Å². The Morgan fingerprint density at radius 2 is 2.36 bits per heavy atom. The minimum absolute atomic E-state index is 0.642. The molecular weight excluding hydrogens is 144 g/mol. The molecule has 1 aromatic heterocycles. The second-order valence-electron chi connectivity index (χ2n) is 2.12. The van der Waals surface area contributed by atoms with E-state index in [0.717, 1.165) is 11.4 Å². The first kappa shape index (κ1) is 6.47. The van der Waals surface area contributed by atoms with E-state index < -0.39 is 0 Å². The standard InChI is InChI=1S/C5H8N6/c1-2-6-8-5-3-7-10-11-9-4(1)5/h1-2,7,9-11H,3H2. The van der Waals surface area contributed by atoms with Gasteiger partial charge in [0.25, 0.3) is 0 Å². The molecule has 0 atom stereocenters. The predicted molar refractivity (Wildman–Crippen MR) is 38.8 cm³/mol. The number of anilines is 1. The Hall–Kier alpha value is -1.24. The summed E-state index contributed by atoms with van der Waals surface area (Å²) in [4.78, 5) is 0. The molecule has 1 aliphatic rings. The first-order valence-electron chi connectivity index (χ1n) is 3.26. The second-order valence-corrected chi connectivity index (χ2v) is 2.12. The van der Waals surface area contributed by atoms with Gasteiger partial charge in [0.05, 0.1) is 18.4 Å².